The van der Waals surface area contributed by atoms with Crippen LogP contribution in [0.25, 0.3) is 0 Å². The molecular formula is C16H25NO. The molecule has 1 aromatic carbocycles. The SMILES string of the molecule is Cc1cc(NCC2CCCCCCC2)ccc1O. The zero-order valence-corrected chi connectivity index (χ0v) is 11.4. The van der Waals surface area contributed by atoms with Gasteiger partial charge in [-0.3, -0.25) is 0 Å². The van der Waals surface area contributed by atoms with Gasteiger partial charge in [0.1, 0.15) is 5.75 Å². The third kappa shape index (κ3) is 3.94. The lowest BCUT2D eigenvalue weighted by Crippen LogP contribution is -2.15. The number of rotatable bonds is 3. The molecule has 1 aliphatic carbocycles. The van der Waals surface area contributed by atoms with Crippen LogP contribution in [0.1, 0.15) is 50.5 Å². The maximum atomic E-state index is 9.50. The van der Waals surface area contributed by atoms with Crippen LogP contribution in [0, 0.1) is 12.8 Å². The first-order valence-electron chi connectivity index (χ1n) is 7.29. The van der Waals surface area contributed by atoms with Crippen molar-refractivity contribution in [1.82, 2.24) is 0 Å². The van der Waals surface area contributed by atoms with Crippen molar-refractivity contribution in [2.75, 3.05) is 11.9 Å². The van der Waals surface area contributed by atoms with E-state index in [9.17, 15) is 5.11 Å². The van der Waals surface area contributed by atoms with Gasteiger partial charge in [-0.25, -0.2) is 0 Å². The molecule has 0 aliphatic heterocycles. The van der Waals surface area contributed by atoms with Crippen LogP contribution >= 0.6 is 0 Å². The summed E-state index contributed by atoms with van der Waals surface area (Å²) >= 11 is 0. The lowest BCUT2D eigenvalue weighted by atomic mass is 9.91. The molecule has 0 bridgehead atoms. The Labute approximate surface area is 110 Å². The topological polar surface area (TPSA) is 32.3 Å². The van der Waals surface area contributed by atoms with Crippen molar-refractivity contribution in [3.63, 3.8) is 0 Å². The third-order valence-corrected chi connectivity index (χ3v) is 4.02. The van der Waals surface area contributed by atoms with Gasteiger partial charge in [0, 0.05) is 12.2 Å². The quantitative estimate of drug-likeness (QED) is 0.772. The molecule has 0 unspecified atom stereocenters. The Kier molecular flexibility index (Phi) is 4.91. The molecule has 0 spiro atoms. The minimum Gasteiger partial charge on any atom is -0.508 e. The highest BCUT2D eigenvalue weighted by molar-refractivity contribution is 5.50. The molecule has 0 heterocycles. The molecule has 2 heteroatoms. The molecule has 2 rings (SSSR count). The smallest absolute Gasteiger partial charge is 0.118 e. The standard InChI is InChI=1S/C16H25NO/c1-13-11-15(9-10-16(13)18)17-12-14-7-5-3-2-4-6-8-14/h9-11,14,17-18H,2-8,12H2,1H3. The molecule has 0 saturated heterocycles. The van der Waals surface area contributed by atoms with Crippen molar-refractivity contribution in [2.45, 2.75) is 51.9 Å². The van der Waals surface area contributed by atoms with Crippen molar-refractivity contribution in [3.8, 4) is 5.75 Å². The molecule has 0 aromatic heterocycles. The number of aryl methyl sites for hydroxylation is 1. The van der Waals surface area contributed by atoms with Crippen LogP contribution in [0.15, 0.2) is 18.2 Å². The molecule has 0 amide bonds. The Bertz CT molecular complexity index is 367. The van der Waals surface area contributed by atoms with Crippen LogP contribution in [0.4, 0.5) is 5.69 Å². The molecule has 1 fully saturated rings. The molecule has 18 heavy (non-hydrogen) atoms. The van der Waals surface area contributed by atoms with Gasteiger partial charge in [0.05, 0.1) is 0 Å². The van der Waals surface area contributed by atoms with Gasteiger partial charge in [0.2, 0.25) is 0 Å². The highest BCUT2D eigenvalue weighted by atomic mass is 16.3. The summed E-state index contributed by atoms with van der Waals surface area (Å²) in [6, 6.07) is 5.76. The van der Waals surface area contributed by atoms with Crippen LogP contribution in [-0.2, 0) is 0 Å². The summed E-state index contributed by atoms with van der Waals surface area (Å²) in [5.74, 6) is 1.20. The van der Waals surface area contributed by atoms with E-state index in [-0.39, 0.29) is 0 Å². The Morgan fingerprint density at radius 1 is 1.11 bits per heavy atom. The normalized spacial score (nSPS) is 18.1. The predicted molar refractivity (Wildman–Crippen MR) is 77.1 cm³/mol. The van der Waals surface area contributed by atoms with Crippen LogP contribution in [0.5, 0.6) is 5.75 Å². The molecule has 2 N–H and O–H groups in total. The highest BCUT2D eigenvalue weighted by Crippen LogP contribution is 2.24. The Morgan fingerprint density at radius 2 is 1.78 bits per heavy atom. The summed E-state index contributed by atoms with van der Waals surface area (Å²) in [4.78, 5) is 0. The summed E-state index contributed by atoms with van der Waals surface area (Å²) < 4.78 is 0. The van der Waals surface area contributed by atoms with E-state index in [2.05, 4.69) is 5.32 Å². The second-order valence-electron chi connectivity index (χ2n) is 5.59. The van der Waals surface area contributed by atoms with Gasteiger partial charge in [-0.05, 0) is 49.4 Å². The second kappa shape index (κ2) is 6.67. The fourth-order valence-electron chi connectivity index (χ4n) is 2.77. The van der Waals surface area contributed by atoms with Gasteiger partial charge >= 0.3 is 0 Å². The van der Waals surface area contributed by atoms with Crippen molar-refractivity contribution in [2.24, 2.45) is 5.92 Å². The number of nitrogens with one attached hydrogen (secondary N) is 1. The van der Waals surface area contributed by atoms with Gasteiger partial charge in [-0.2, -0.15) is 0 Å². The van der Waals surface area contributed by atoms with Crippen molar-refractivity contribution in [3.05, 3.63) is 23.8 Å². The van der Waals surface area contributed by atoms with Crippen molar-refractivity contribution < 1.29 is 5.11 Å². The molecular weight excluding hydrogens is 222 g/mol. The summed E-state index contributed by atoms with van der Waals surface area (Å²) in [7, 11) is 0. The zero-order chi connectivity index (χ0) is 12.8. The van der Waals surface area contributed by atoms with E-state index in [1.165, 1.54) is 44.9 Å². The number of anilines is 1. The average molecular weight is 247 g/mol. The second-order valence-corrected chi connectivity index (χ2v) is 5.59. The van der Waals surface area contributed by atoms with Crippen LogP contribution in [0.3, 0.4) is 0 Å². The summed E-state index contributed by atoms with van der Waals surface area (Å²) in [6.45, 7) is 3.01. The molecule has 100 valence electrons. The molecule has 2 nitrogen and oxygen atoms in total. The number of aromatic hydroxyl groups is 1. The largest absolute Gasteiger partial charge is 0.508 e. The molecule has 1 aromatic rings. The molecule has 1 saturated carbocycles. The highest BCUT2D eigenvalue weighted by Gasteiger charge is 2.11. The fourth-order valence-corrected chi connectivity index (χ4v) is 2.77. The first kappa shape index (κ1) is 13.3. The number of hydrogen-bond donors (Lipinski definition) is 2. The van der Waals surface area contributed by atoms with Gasteiger partial charge in [-0.15, -0.1) is 0 Å². The van der Waals surface area contributed by atoms with E-state index in [4.69, 9.17) is 0 Å². The van der Waals surface area contributed by atoms with Gasteiger partial charge in [-0.1, -0.05) is 32.1 Å². The van der Waals surface area contributed by atoms with Gasteiger partial charge in [0.25, 0.3) is 0 Å². The van der Waals surface area contributed by atoms with Crippen LogP contribution in [-0.4, -0.2) is 11.7 Å². The monoisotopic (exact) mass is 247 g/mol. The minimum atomic E-state index is 0.381. The van der Waals surface area contributed by atoms with Crippen LogP contribution < -0.4 is 5.32 Å². The predicted octanol–water partition coefficient (Wildman–Crippen LogP) is 4.47. The fraction of sp³-hybridized carbons (Fsp3) is 0.625. The molecule has 0 radical (unpaired) electrons. The maximum absolute atomic E-state index is 9.50. The van der Waals surface area contributed by atoms with Gasteiger partial charge in [0.15, 0.2) is 0 Å². The van der Waals surface area contributed by atoms with E-state index in [0.29, 0.717) is 5.75 Å². The van der Waals surface area contributed by atoms with E-state index >= 15 is 0 Å². The number of phenols is 1. The van der Waals surface area contributed by atoms with Crippen molar-refractivity contribution >= 4 is 5.69 Å². The lowest BCUT2D eigenvalue weighted by molar-refractivity contribution is 0.392. The number of hydrogen-bond acceptors (Lipinski definition) is 2. The minimum absolute atomic E-state index is 0.381. The van der Waals surface area contributed by atoms with Gasteiger partial charge < -0.3 is 10.4 Å². The Balaban J connectivity index is 1.83. The number of phenolic OH excluding ortho intramolecular Hbond substituents is 1. The van der Waals surface area contributed by atoms with Crippen LogP contribution in [0.2, 0.25) is 0 Å². The Hall–Kier alpha value is -1.18. The third-order valence-electron chi connectivity index (χ3n) is 4.02. The van der Waals surface area contributed by atoms with E-state index in [1.54, 1.807) is 6.07 Å². The average Bonchev–Trinajstić information content (AvgIpc) is 2.32. The summed E-state index contributed by atoms with van der Waals surface area (Å²) in [5.41, 5.74) is 2.07. The molecule has 1 aliphatic rings. The lowest BCUT2D eigenvalue weighted by Gasteiger charge is -2.20. The zero-order valence-electron chi connectivity index (χ0n) is 11.4. The van der Waals surface area contributed by atoms with E-state index < -0.39 is 0 Å². The Morgan fingerprint density at radius 3 is 2.44 bits per heavy atom. The maximum Gasteiger partial charge on any atom is 0.118 e. The molecule has 0 atom stereocenters. The summed E-state index contributed by atoms with van der Waals surface area (Å²) in [5, 5.41) is 13.0. The first-order valence-corrected chi connectivity index (χ1v) is 7.29. The van der Waals surface area contributed by atoms with E-state index in [0.717, 1.165) is 23.7 Å². The number of benzene rings is 1. The summed E-state index contributed by atoms with van der Waals surface area (Å²) in [6.07, 6.45) is 9.76. The van der Waals surface area contributed by atoms with Crippen molar-refractivity contribution in [1.29, 1.82) is 0 Å². The van der Waals surface area contributed by atoms with E-state index in [1.807, 2.05) is 19.1 Å². The first-order chi connectivity index (χ1) is 8.75.